The normalized spacial score (nSPS) is 12.9. The molecule has 2 aromatic carbocycles. The van der Waals surface area contributed by atoms with Gasteiger partial charge in [0.1, 0.15) is 0 Å². The number of fused-ring (bicyclic) bond motifs is 1. The molecule has 0 unspecified atom stereocenters. The van der Waals surface area contributed by atoms with Crippen LogP contribution in [0.5, 0.6) is 0 Å². The number of hydrogen-bond acceptors (Lipinski definition) is 4. The molecule has 29 heavy (non-hydrogen) atoms. The Morgan fingerprint density at radius 1 is 1.07 bits per heavy atom. The van der Waals surface area contributed by atoms with Crippen LogP contribution < -0.4 is 10.9 Å². The summed E-state index contributed by atoms with van der Waals surface area (Å²) >= 11 is 0. The summed E-state index contributed by atoms with van der Waals surface area (Å²) in [5.74, 6) is -0.897. The molecule has 2 atom stereocenters. The van der Waals surface area contributed by atoms with Crippen molar-refractivity contribution in [3.63, 3.8) is 0 Å². The van der Waals surface area contributed by atoms with Gasteiger partial charge in [-0.2, -0.15) is 0 Å². The van der Waals surface area contributed by atoms with Gasteiger partial charge in [-0.3, -0.25) is 9.59 Å². The molecule has 0 fully saturated rings. The van der Waals surface area contributed by atoms with Crippen LogP contribution in [0.4, 0.5) is 0 Å². The van der Waals surface area contributed by atoms with Crippen LogP contribution in [0.3, 0.4) is 0 Å². The highest BCUT2D eigenvalue weighted by Gasteiger charge is 2.21. The first-order valence-electron chi connectivity index (χ1n) is 9.65. The maximum Gasteiger partial charge on any atom is 0.339 e. The Morgan fingerprint density at radius 3 is 2.48 bits per heavy atom. The van der Waals surface area contributed by atoms with Crippen molar-refractivity contribution in [2.75, 3.05) is 6.54 Å². The molecule has 0 aliphatic carbocycles. The molecule has 3 rings (SSSR count). The number of aromatic nitrogens is 1. The average molecular weight is 392 g/mol. The maximum atomic E-state index is 12.6. The van der Waals surface area contributed by atoms with Gasteiger partial charge < -0.3 is 15.0 Å². The van der Waals surface area contributed by atoms with Gasteiger partial charge in [0.2, 0.25) is 5.56 Å². The predicted molar refractivity (Wildman–Crippen MR) is 112 cm³/mol. The molecule has 1 aromatic heterocycles. The number of esters is 1. The van der Waals surface area contributed by atoms with Crippen LogP contribution in [0, 0.1) is 0 Å². The number of rotatable bonds is 7. The highest BCUT2D eigenvalue weighted by atomic mass is 16.5. The molecule has 1 heterocycles. The van der Waals surface area contributed by atoms with E-state index >= 15 is 0 Å². The second kappa shape index (κ2) is 9.19. The molecule has 6 heteroatoms. The van der Waals surface area contributed by atoms with E-state index in [-0.39, 0.29) is 17.4 Å². The van der Waals surface area contributed by atoms with Gasteiger partial charge in [-0.1, -0.05) is 55.5 Å². The molecule has 2 N–H and O–H groups in total. The molecule has 1 amide bonds. The second-order valence-electron chi connectivity index (χ2n) is 6.90. The van der Waals surface area contributed by atoms with E-state index in [1.807, 2.05) is 30.3 Å². The molecular weight excluding hydrogens is 368 g/mol. The van der Waals surface area contributed by atoms with Crippen molar-refractivity contribution in [3.8, 4) is 0 Å². The number of carbonyl (C=O) groups is 2. The summed E-state index contributed by atoms with van der Waals surface area (Å²) in [5.41, 5.74) is 1.42. The first-order chi connectivity index (χ1) is 14.0. The standard InChI is InChI=1S/C23H24N2O4/c1-3-16(17-9-5-4-6-10-17)14-24-22(27)15(2)29-23(28)19-13-21(26)25-20-12-8-7-11-18(19)20/h4-13,15-16H,3,14H2,1-2H3,(H,24,27)(H,25,26)/t15-,16+/m1/s1. The van der Waals surface area contributed by atoms with E-state index in [0.717, 1.165) is 12.0 Å². The molecule has 0 aliphatic rings. The number of amides is 1. The van der Waals surface area contributed by atoms with Gasteiger partial charge in [0.25, 0.3) is 5.91 Å². The van der Waals surface area contributed by atoms with E-state index in [1.165, 1.54) is 13.0 Å². The lowest BCUT2D eigenvalue weighted by molar-refractivity contribution is -0.129. The van der Waals surface area contributed by atoms with Crippen LogP contribution in [0.1, 0.15) is 42.1 Å². The van der Waals surface area contributed by atoms with Gasteiger partial charge in [0.05, 0.1) is 5.56 Å². The van der Waals surface area contributed by atoms with Crippen molar-refractivity contribution in [1.29, 1.82) is 0 Å². The molecule has 0 saturated heterocycles. The minimum atomic E-state index is -0.978. The fourth-order valence-corrected chi connectivity index (χ4v) is 3.24. The van der Waals surface area contributed by atoms with E-state index in [9.17, 15) is 14.4 Å². The number of hydrogen-bond donors (Lipinski definition) is 2. The lowest BCUT2D eigenvalue weighted by atomic mass is 9.96. The highest BCUT2D eigenvalue weighted by Crippen LogP contribution is 2.18. The molecule has 6 nitrogen and oxygen atoms in total. The van der Waals surface area contributed by atoms with E-state index in [2.05, 4.69) is 17.2 Å². The third-order valence-electron chi connectivity index (χ3n) is 4.91. The number of benzene rings is 2. The first kappa shape index (κ1) is 20.3. The average Bonchev–Trinajstić information content (AvgIpc) is 2.74. The number of para-hydroxylation sites is 1. The topological polar surface area (TPSA) is 88.3 Å². The second-order valence-corrected chi connectivity index (χ2v) is 6.90. The Kier molecular flexibility index (Phi) is 6.44. The van der Waals surface area contributed by atoms with Crippen molar-refractivity contribution >= 4 is 22.8 Å². The third-order valence-corrected chi connectivity index (χ3v) is 4.91. The van der Waals surface area contributed by atoms with Crippen molar-refractivity contribution in [2.45, 2.75) is 32.3 Å². The van der Waals surface area contributed by atoms with Crippen molar-refractivity contribution in [2.24, 2.45) is 0 Å². The number of H-pyrrole nitrogens is 1. The van der Waals surface area contributed by atoms with Gasteiger partial charge in [-0.15, -0.1) is 0 Å². The number of ether oxygens (including phenoxy) is 1. The zero-order chi connectivity index (χ0) is 20.8. The Morgan fingerprint density at radius 2 is 1.76 bits per heavy atom. The monoisotopic (exact) mass is 392 g/mol. The summed E-state index contributed by atoms with van der Waals surface area (Å²) in [5, 5.41) is 3.42. The van der Waals surface area contributed by atoms with Crippen LogP contribution in [-0.4, -0.2) is 29.5 Å². The Balaban J connectivity index is 1.65. The van der Waals surface area contributed by atoms with Gasteiger partial charge in [0.15, 0.2) is 6.10 Å². The number of nitrogens with one attached hydrogen (secondary N) is 2. The van der Waals surface area contributed by atoms with Crippen LogP contribution in [0.2, 0.25) is 0 Å². The quantitative estimate of drug-likeness (QED) is 0.604. The van der Waals surface area contributed by atoms with Gasteiger partial charge in [0, 0.05) is 29.4 Å². The summed E-state index contributed by atoms with van der Waals surface area (Å²) in [6, 6.07) is 18.1. The minimum Gasteiger partial charge on any atom is -0.449 e. The van der Waals surface area contributed by atoms with E-state index in [1.54, 1.807) is 24.3 Å². The maximum absolute atomic E-state index is 12.6. The number of carbonyl (C=O) groups excluding carboxylic acids is 2. The molecule has 3 aromatic rings. The molecular formula is C23H24N2O4. The molecule has 150 valence electrons. The lowest BCUT2D eigenvalue weighted by Gasteiger charge is -2.18. The first-order valence-corrected chi connectivity index (χ1v) is 9.65. The predicted octanol–water partition coefficient (Wildman–Crippen LogP) is 3.38. The Labute approximate surface area is 168 Å². The van der Waals surface area contributed by atoms with Crippen LogP contribution >= 0.6 is 0 Å². The Hall–Kier alpha value is -3.41. The summed E-state index contributed by atoms with van der Waals surface area (Å²) in [6.07, 6.45) is -0.106. The fraction of sp³-hybridized carbons (Fsp3) is 0.261. The van der Waals surface area contributed by atoms with E-state index in [4.69, 9.17) is 4.74 Å². The smallest absolute Gasteiger partial charge is 0.339 e. The summed E-state index contributed by atoms with van der Waals surface area (Å²) in [7, 11) is 0. The van der Waals surface area contributed by atoms with E-state index in [0.29, 0.717) is 17.4 Å². The van der Waals surface area contributed by atoms with Crippen LogP contribution in [-0.2, 0) is 9.53 Å². The summed E-state index contributed by atoms with van der Waals surface area (Å²) in [4.78, 5) is 39.5. The minimum absolute atomic E-state index is 0.139. The lowest BCUT2D eigenvalue weighted by Crippen LogP contribution is -2.38. The van der Waals surface area contributed by atoms with Crippen molar-refractivity contribution in [3.05, 3.63) is 82.1 Å². The SMILES string of the molecule is CC[C@@H](CNC(=O)[C@@H](C)OC(=O)c1cc(=O)[nH]c2ccccc12)c1ccccc1. The largest absolute Gasteiger partial charge is 0.449 e. The van der Waals surface area contributed by atoms with Crippen LogP contribution in [0.25, 0.3) is 10.9 Å². The van der Waals surface area contributed by atoms with Gasteiger partial charge >= 0.3 is 5.97 Å². The zero-order valence-corrected chi connectivity index (χ0v) is 16.5. The third kappa shape index (κ3) is 4.90. The van der Waals surface area contributed by atoms with E-state index < -0.39 is 17.6 Å². The molecule has 0 spiro atoms. The van der Waals surface area contributed by atoms with Crippen molar-refractivity contribution < 1.29 is 14.3 Å². The van der Waals surface area contributed by atoms with Gasteiger partial charge in [-0.25, -0.2) is 4.79 Å². The number of pyridine rings is 1. The fourth-order valence-electron chi connectivity index (χ4n) is 3.24. The zero-order valence-electron chi connectivity index (χ0n) is 16.5. The molecule has 0 bridgehead atoms. The molecule has 0 saturated carbocycles. The Bertz CT molecular complexity index is 1060. The highest BCUT2D eigenvalue weighted by molar-refractivity contribution is 6.03. The van der Waals surface area contributed by atoms with Crippen molar-refractivity contribution in [1.82, 2.24) is 10.3 Å². The molecule has 0 radical (unpaired) electrons. The number of aromatic amines is 1. The van der Waals surface area contributed by atoms with Gasteiger partial charge in [-0.05, 0) is 25.0 Å². The van der Waals surface area contributed by atoms with Crippen LogP contribution in [0.15, 0.2) is 65.5 Å². The molecule has 0 aliphatic heterocycles. The summed E-state index contributed by atoms with van der Waals surface area (Å²) < 4.78 is 5.33. The summed E-state index contributed by atoms with van der Waals surface area (Å²) in [6.45, 7) is 4.03.